The maximum absolute atomic E-state index is 12.2. The SMILES string of the molecule is CCC(NC(=O)C(C)(C)C)c1ccc2c(c1)CCCC2. The minimum absolute atomic E-state index is 0.127. The lowest BCUT2D eigenvalue weighted by Gasteiger charge is -2.25. The van der Waals surface area contributed by atoms with Gasteiger partial charge < -0.3 is 5.32 Å². The fourth-order valence-electron chi connectivity index (χ4n) is 2.77. The molecule has 2 rings (SSSR count). The number of aryl methyl sites for hydroxylation is 2. The number of amides is 1. The summed E-state index contributed by atoms with van der Waals surface area (Å²) in [6, 6.07) is 6.90. The van der Waals surface area contributed by atoms with Crippen LogP contribution >= 0.6 is 0 Å². The van der Waals surface area contributed by atoms with Crippen LogP contribution in [-0.4, -0.2) is 5.91 Å². The molecule has 0 radical (unpaired) electrons. The number of carbonyl (C=O) groups is 1. The molecule has 110 valence electrons. The van der Waals surface area contributed by atoms with Gasteiger partial charge in [0, 0.05) is 5.41 Å². The van der Waals surface area contributed by atoms with Gasteiger partial charge in [0.25, 0.3) is 0 Å². The molecule has 2 heteroatoms. The van der Waals surface area contributed by atoms with Crippen molar-refractivity contribution in [2.75, 3.05) is 0 Å². The Kier molecular flexibility index (Phi) is 4.52. The van der Waals surface area contributed by atoms with Gasteiger partial charge in [-0.05, 0) is 48.8 Å². The smallest absolute Gasteiger partial charge is 0.225 e. The first-order valence-electron chi connectivity index (χ1n) is 7.84. The average molecular weight is 273 g/mol. The molecule has 1 unspecified atom stereocenters. The molecule has 2 nitrogen and oxygen atoms in total. The summed E-state index contributed by atoms with van der Waals surface area (Å²) in [6.45, 7) is 8.01. The van der Waals surface area contributed by atoms with E-state index in [1.165, 1.54) is 42.4 Å². The van der Waals surface area contributed by atoms with Crippen LogP contribution in [0.25, 0.3) is 0 Å². The van der Waals surface area contributed by atoms with E-state index in [9.17, 15) is 4.79 Å². The third kappa shape index (κ3) is 3.41. The molecular weight excluding hydrogens is 246 g/mol. The standard InChI is InChI=1S/C18H27NO/c1-5-16(19-17(20)18(2,3)4)15-11-10-13-8-6-7-9-14(13)12-15/h10-12,16H,5-9H2,1-4H3,(H,19,20). The van der Waals surface area contributed by atoms with Crippen molar-refractivity contribution in [1.29, 1.82) is 0 Å². The van der Waals surface area contributed by atoms with Crippen molar-refractivity contribution in [3.8, 4) is 0 Å². The highest BCUT2D eigenvalue weighted by Gasteiger charge is 2.24. The number of hydrogen-bond acceptors (Lipinski definition) is 1. The minimum atomic E-state index is -0.332. The summed E-state index contributed by atoms with van der Waals surface area (Å²) in [5.74, 6) is 0.127. The Balaban J connectivity index is 2.17. The van der Waals surface area contributed by atoms with Gasteiger partial charge in [-0.1, -0.05) is 45.9 Å². The molecule has 1 aliphatic rings. The Labute approximate surface area is 123 Å². The second-order valence-electron chi connectivity index (χ2n) is 6.92. The lowest BCUT2D eigenvalue weighted by atomic mass is 9.88. The summed E-state index contributed by atoms with van der Waals surface area (Å²) in [5.41, 5.74) is 3.90. The number of carbonyl (C=O) groups excluding carboxylic acids is 1. The second-order valence-corrected chi connectivity index (χ2v) is 6.92. The summed E-state index contributed by atoms with van der Waals surface area (Å²) < 4.78 is 0. The Morgan fingerprint density at radius 1 is 1.20 bits per heavy atom. The molecule has 0 aromatic heterocycles. The first kappa shape index (κ1) is 15.1. The van der Waals surface area contributed by atoms with E-state index in [2.05, 4.69) is 30.4 Å². The fourth-order valence-corrected chi connectivity index (χ4v) is 2.77. The molecule has 0 bridgehead atoms. The number of benzene rings is 1. The van der Waals surface area contributed by atoms with Crippen molar-refractivity contribution >= 4 is 5.91 Å². The molecule has 1 N–H and O–H groups in total. The zero-order valence-corrected chi connectivity index (χ0v) is 13.3. The monoisotopic (exact) mass is 273 g/mol. The van der Waals surface area contributed by atoms with Crippen molar-refractivity contribution in [1.82, 2.24) is 5.32 Å². The molecule has 20 heavy (non-hydrogen) atoms. The Morgan fingerprint density at radius 2 is 1.85 bits per heavy atom. The van der Waals surface area contributed by atoms with Gasteiger partial charge in [-0.15, -0.1) is 0 Å². The minimum Gasteiger partial charge on any atom is -0.349 e. The van der Waals surface area contributed by atoms with Crippen LogP contribution in [-0.2, 0) is 17.6 Å². The molecule has 1 aromatic carbocycles. The van der Waals surface area contributed by atoms with Crippen LogP contribution < -0.4 is 5.32 Å². The molecule has 0 fully saturated rings. The first-order chi connectivity index (χ1) is 9.41. The predicted molar refractivity (Wildman–Crippen MR) is 83.7 cm³/mol. The third-order valence-electron chi connectivity index (χ3n) is 4.17. The fraction of sp³-hybridized carbons (Fsp3) is 0.611. The number of hydrogen-bond donors (Lipinski definition) is 1. The van der Waals surface area contributed by atoms with E-state index in [1.54, 1.807) is 0 Å². The molecule has 1 aliphatic carbocycles. The van der Waals surface area contributed by atoms with Gasteiger partial charge in [-0.25, -0.2) is 0 Å². The molecule has 0 spiro atoms. The van der Waals surface area contributed by atoms with E-state index in [0.717, 1.165) is 6.42 Å². The topological polar surface area (TPSA) is 29.1 Å². The van der Waals surface area contributed by atoms with Gasteiger partial charge >= 0.3 is 0 Å². The van der Waals surface area contributed by atoms with Gasteiger partial charge in [0.05, 0.1) is 6.04 Å². The largest absolute Gasteiger partial charge is 0.349 e. The van der Waals surface area contributed by atoms with Gasteiger partial charge in [0.2, 0.25) is 5.91 Å². The van der Waals surface area contributed by atoms with Crippen molar-refractivity contribution in [2.45, 2.75) is 65.8 Å². The second kappa shape index (κ2) is 5.99. The molecule has 1 atom stereocenters. The molecule has 1 amide bonds. The Hall–Kier alpha value is -1.31. The first-order valence-corrected chi connectivity index (χ1v) is 7.84. The zero-order valence-electron chi connectivity index (χ0n) is 13.3. The molecule has 0 saturated carbocycles. The van der Waals surface area contributed by atoms with Crippen LogP contribution in [0.5, 0.6) is 0 Å². The van der Waals surface area contributed by atoms with E-state index >= 15 is 0 Å². The summed E-state index contributed by atoms with van der Waals surface area (Å²) in [5, 5.41) is 3.19. The van der Waals surface area contributed by atoms with Crippen LogP contribution in [0.15, 0.2) is 18.2 Å². The van der Waals surface area contributed by atoms with Crippen LogP contribution in [0.1, 0.15) is 69.7 Å². The molecule has 1 aromatic rings. The van der Waals surface area contributed by atoms with Crippen LogP contribution in [0.2, 0.25) is 0 Å². The van der Waals surface area contributed by atoms with Crippen LogP contribution in [0, 0.1) is 5.41 Å². The molecule has 0 aliphatic heterocycles. The van der Waals surface area contributed by atoms with Gasteiger partial charge in [-0.3, -0.25) is 4.79 Å². The zero-order chi connectivity index (χ0) is 14.8. The van der Waals surface area contributed by atoms with Gasteiger partial charge in [-0.2, -0.15) is 0 Å². The lowest BCUT2D eigenvalue weighted by Crippen LogP contribution is -2.37. The van der Waals surface area contributed by atoms with Crippen LogP contribution in [0.3, 0.4) is 0 Å². The van der Waals surface area contributed by atoms with E-state index in [1.807, 2.05) is 20.8 Å². The maximum Gasteiger partial charge on any atom is 0.225 e. The third-order valence-corrected chi connectivity index (χ3v) is 4.17. The van der Waals surface area contributed by atoms with Crippen molar-refractivity contribution < 1.29 is 4.79 Å². The summed E-state index contributed by atoms with van der Waals surface area (Å²) in [6.07, 6.45) is 5.93. The molecule has 0 saturated heterocycles. The van der Waals surface area contributed by atoms with Crippen molar-refractivity contribution in [3.63, 3.8) is 0 Å². The highest BCUT2D eigenvalue weighted by Crippen LogP contribution is 2.27. The van der Waals surface area contributed by atoms with E-state index in [0.29, 0.717) is 0 Å². The van der Waals surface area contributed by atoms with Crippen molar-refractivity contribution in [3.05, 3.63) is 34.9 Å². The summed E-state index contributed by atoms with van der Waals surface area (Å²) >= 11 is 0. The molecular formula is C18H27NO. The Morgan fingerprint density at radius 3 is 2.45 bits per heavy atom. The normalized spacial score (nSPS) is 16.4. The van der Waals surface area contributed by atoms with E-state index < -0.39 is 0 Å². The average Bonchev–Trinajstić information content (AvgIpc) is 2.43. The Bertz CT molecular complexity index is 485. The maximum atomic E-state index is 12.2. The highest BCUT2D eigenvalue weighted by molar-refractivity contribution is 5.81. The number of fused-ring (bicyclic) bond motifs is 1. The van der Waals surface area contributed by atoms with E-state index in [4.69, 9.17) is 0 Å². The van der Waals surface area contributed by atoms with Crippen LogP contribution in [0.4, 0.5) is 0 Å². The quantitative estimate of drug-likeness (QED) is 0.879. The van der Waals surface area contributed by atoms with E-state index in [-0.39, 0.29) is 17.4 Å². The number of nitrogens with one attached hydrogen (secondary N) is 1. The van der Waals surface area contributed by atoms with Crippen molar-refractivity contribution in [2.24, 2.45) is 5.41 Å². The van der Waals surface area contributed by atoms with Gasteiger partial charge in [0.15, 0.2) is 0 Å². The number of rotatable bonds is 3. The summed E-state index contributed by atoms with van der Waals surface area (Å²) in [4.78, 5) is 12.2. The molecule has 0 heterocycles. The predicted octanol–water partition coefficient (Wildman–Crippen LogP) is 4.18. The van der Waals surface area contributed by atoms with Gasteiger partial charge in [0.1, 0.15) is 0 Å². The summed E-state index contributed by atoms with van der Waals surface area (Å²) in [7, 11) is 0. The highest BCUT2D eigenvalue weighted by atomic mass is 16.2. The lowest BCUT2D eigenvalue weighted by molar-refractivity contribution is -0.129.